The van der Waals surface area contributed by atoms with Gasteiger partial charge in [0, 0.05) is 19.0 Å². The fourth-order valence-corrected chi connectivity index (χ4v) is 3.16. The number of amides is 2. The van der Waals surface area contributed by atoms with Crippen LogP contribution in [0.1, 0.15) is 12.5 Å². The van der Waals surface area contributed by atoms with Crippen LogP contribution >= 0.6 is 12.2 Å². The molecule has 0 bridgehead atoms. The van der Waals surface area contributed by atoms with E-state index in [4.69, 9.17) is 12.2 Å². The standard InChI is InChI=1S/C18H16N4O4S/c1-4-9-21-16(25)17(26)22(18(21)27)19-10(2)13-14(23)11-7-5-6-8-12(11)20(3)15(13)24/h4-8,23H,1,9H2,2-3H3/b19-10-. The Hall–Kier alpha value is -3.33. The molecule has 0 radical (unpaired) electrons. The lowest BCUT2D eigenvalue weighted by Crippen LogP contribution is -2.32. The fraction of sp³-hybridized carbons (Fsp3) is 0.167. The Bertz CT molecular complexity index is 1100. The number of aromatic nitrogens is 1. The highest BCUT2D eigenvalue weighted by molar-refractivity contribution is 7.80. The van der Waals surface area contributed by atoms with Crippen molar-refractivity contribution < 1.29 is 14.7 Å². The number of hydrogen-bond acceptors (Lipinski definition) is 6. The second-order valence-electron chi connectivity index (χ2n) is 5.89. The molecule has 8 nitrogen and oxygen atoms in total. The van der Waals surface area contributed by atoms with Crippen molar-refractivity contribution >= 4 is 45.8 Å². The number of para-hydroxylation sites is 1. The molecule has 1 aromatic carbocycles. The highest BCUT2D eigenvalue weighted by Crippen LogP contribution is 2.26. The van der Waals surface area contributed by atoms with E-state index in [1.165, 1.54) is 17.6 Å². The largest absolute Gasteiger partial charge is 0.506 e. The Balaban J connectivity index is 2.14. The molecule has 138 valence electrons. The van der Waals surface area contributed by atoms with Crippen LogP contribution in [0.25, 0.3) is 10.9 Å². The van der Waals surface area contributed by atoms with Crippen molar-refractivity contribution in [2.45, 2.75) is 6.92 Å². The lowest BCUT2D eigenvalue weighted by molar-refractivity contribution is -0.143. The van der Waals surface area contributed by atoms with Crippen molar-refractivity contribution in [1.82, 2.24) is 14.5 Å². The SMILES string of the molecule is C=CCN1C(=O)C(=O)N(/N=C(/C)c2c(O)c3ccccc3n(C)c2=O)C1=S. The van der Waals surface area contributed by atoms with Crippen LogP contribution in [0.3, 0.4) is 0 Å². The smallest absolute Gasteiger partial charge is 0.339 e. The Morgan fingerprint density at radius 2 is 1.93 bits per heavy atom. The number of carbonyl (C=O) groups excluding carboxylic acids is 2. The molecule has 2 heterocycles. The molecule has 0 aliphatic carbocycles. The zero-order valence-corrected chi connectivity index (χ0v) is 15.5. The summed E-state index contributed by atoms with van der Waals surface area (Å²) in [6.07, 6.45) is 1.43. The van der Waals surface area contributed by atoms with Crippen molar-refractivity contribution in [2.24, 2.45) is 12.1 Å². The summed E-state index contributed by atoms with van der Waals surface area (Å²) in [4.78, 5) is 38.0. The molecule has 0 saturated carbocycles. The first-order valence-electron chi connectivity index (χ1n) is 7.96. The molecule has 1 aliphatic heterocycles. The maximum Gasteiger partial charge on any atom is 0.339 e. The number of fused-ring (bicyclic) bond motifs is 1. The van der Waals surface area contributed by atoms with Crippen molar-refractivity contribution in [3.05, 3.63) is 52.8 Å². The third-order valence-electron chi connectivity index (χ3n) is 4.23. The van der Waals surface area contributed by atoms with Gasteiger partial charge in [-0.2, -0.15) is 10.1 Å². The molecule has 0 unspecified atom stereocenters. The van der Waals surface area contributed by atoms with Gasteiger partial charge in [0.25, 0.3) is 5.56 Å². The number of nitrogens with zero attached hydrogens (tertiary/aromatic N) is 4. The molecule has 1 aromatic heterocycles. The van der Waals surface area contributed by atoms with Crippen molar-refractivity contribution in [1.29, 1.82) is 0 Å². The summed E-state index contributed by atoms with van der Waals surface area (Å²) in [5, 5.41) is 15.8. The summed E-state index contributed by atoms with van der Waals surface area (Å²) >= 11 is 5.13. The van der Waals surface area contributed by atoms with Crippen LogP contribution in [-0.2, 0) is 16.6 Å². The first kappa shape index (κ1) is 18.5. The fourth-order valence-electron chi connectivity index (χ4n) is 2.88. The molecule has 1 aliphatic rings. The maximum absolute atomic E-state index is 12.7. The van der Waals surface area contributed by atoms with E-state index in [0.717, 1.165) is 9.91 Å². The van der Waals surface area contributed by atoms with Gasteiger partial charge in [0.1, 0.15) is 11.3 Å². The normalized spacial score (nSPS) is 15.2. The predicted molar refractivity (Wildman–Crippen MR) is 104 cm³/mol. The minimum atomic E-state index is -0.932. The summed E-state index contributed by atoms with van der Waals surface area (Å²) in [6, 6.07) is 6.86. The van der Waals surface area contributed by atoms with Gasteiger partial charge >= 0.3 is 11.8 Å². The van der Waals surface area contributed by atoms with Gasteiger partial charge in [-0.15, -0.1) is 6.58 Å². The number of aryl methyl sites for hydroxylation is 1. The lowest BCUT2D eigenvalue weighted by Gasteiger charge is -2.15. The molecule has 0 spiro atoms. The number of benzene rings is 1. The number of pyridine rings is 1. The van der Waals surface area contributed by atoms with Gasteiger partial charge in [-0.3, -0.25) is 19.3 Å². The molecule has 3 rings (SSSR count). The Kier molecular flexibility index (Phi) is 4.63. The number of thiocarbonyl (C=S) groups is 1. The summed E-state index contributed by atoms with van der Waals surface area (Å²) in [6.45, 7) is 5.04. The third-order valence-corrected chi connectivity index (χ3v) is 4.63. The van der Waals surface area contributed by atoms with Gasteiger partial charge in [-0.1, -0.05) is 18.2 Å². The van der Waals surface area contributed by atoms with E-state index in [0.29, 0.717) is 10.9 Å². The van der Waals surface area contributed by atoms with Gasteiger partial charge in [0.15, 0.2) is 0 Å². The quantitative estimate of drug-likeness (QED) is 0.369. The number of aromatic hydroxyl groups is 1. The second kappa shape index (κ2) is 6.76. The van der Waals surface area contributed by atoms with E-state index in [1.54, 1.807) is 31.3 Å². The van der Waals surface area contributed by atoms with Crippen molar-refractivity contribution in [3.8, 4) is 5.75 Å². The molecule has 9 heteroatoms. The molecule has 1 saturated heterocycles. The summed E-state index contributed by atoms with van der Waals surface area (Å²) < 4.78 is 1.38. The van der Waals surface area contributed by atoms with E-state index in [2.05, 4.69) is 11.7 Å². The third kappa shape index (κ3) is 2.81. The number of hydrogen-bond donors (Lipinski definition) is 1. The van der Waals surface area contributed by atoms with E-state index < -0.39 is 17.4 Å². The van der Waals surface area contributed by atoms with Gasteiger partial charge in [0.2, 0.25) is 5.11 Å². The first-order valence-corrected chi connectivity index (χ1v) is 8.37. The summed E-state index contributed by atoms with van der Waals surface area (Å²) in [5.41, 5.74) is 0.0557. The van der Waals surface area contributed by atoms with Gasteiger partial charge in [0.05, 0.1) is 11.2 Å². The lowest BCUT2D eigenvalue weighted by atomic mass is 10.1. The number of carbonyl (C=O) groups is 2. The average molecular weight is 384 g/mol. The van der Waals surface area contributed by atoms with Crippen LogP contribution in [-0.4, -0.2) is 48.8 Å². The van der Waals surface area contributed by atoms with E-state index in [9.17, 15) is 19.5 Å². The van der Waals surface area contributed by atoms with Gasteiger partial charge < -0.3 is 9.67 Å². The molecule has 2 amide bonds. The molecule has 1 N–H and O–H groups in total. The monoisotopic (exact) mass is 384 g/mol. The van der Waals surface area contributed by atoms with Crippen LogP contribution in [0, 0.1) is 0 Å². The van der Waals surface area contributed by atoms with E-state index >= 15 is 0 Å². The van der Waals surface area contributed by atoms with Crippen LogP contribution in [0.15, 0.2) is 46.8 Å². The van der Waals surface area contributed by atoms with Crippen LogP contribution < -0.4 is 5.56 Å². The Labute approximate surface area is 159 Å². The highest BCUT2D eigenvalue weighted by atomic mass is 32.1. The zero-order chi connectivity index (χ0) is 19.9. The van der Waals surface area contributed by atoms with E-state index in [-0.39, 0.29) is 28.7 Å². The van der Waals surface area contributed by atoms with Crippen molar-refractivity contribution in [3.63, 3.8) is 0 Å². The van der Waals surface area contributed by atoms with Crippen LogP contribution in [0.5, 0.6) is 5.75 Å². The van der Waals surface area contributed by atoms with E-state index in [1.807, 2.05) is 0 Å². The Morgan fingerprint density at radius 3 is 2.59 bits per heavy atom. The number of rotatable bonds is 4. The number of hydrazone groups is 1. The summed E-state index contributed by atoms with van der Waals surface area (Å²) in [7, 11) is 1.57. The highest BCUT2D eigenvalue weighted by Gasteiger charge is 2.41. The molecule has 0 atom stereocenters. The molecular formula is C18H16N4O4S. The first-order chi connectivity index (χ1) is 12.8. The average Bonchev–Trinajstić information content (AvgIpc) is 2.85. The molecule has 1 fully saturated rings. The molecule has 27 heavy (non-hydrogen) atoms. The van der Waals surface area contributed by atoms with Crippen LogP contribution in [0.2, 0.25) is 0 Å². The molecule has 2 aromatic rings. The maximum atomic E-state index is 12.7. The Morgan fingerprint density at radius 1 is 1.26 bits per heavy atom. The molecular weight excluding hydrogens is 368 g/mol. The van der Waals surface area contributed by atoms with Gasteiger partial charge in [-0.05, 0) is 31.3 Å². The topological polar surface area (TPSA) is 95.2 Å². The minimum absolute atomic E-state index is 0.0582. The van der Waals surface area contributed by atoms with Crippen LogP contribution in [0.4, 0.5) is 0 Å². The zero-order valence-electron chi connectivity index (χ0n) is 14.7. The second-order valence-corrected chi connectivity index (χ2v) is 6.26. The van der Waals surface area contributed by atoms with Gasteiger partial charge in [-0.25, -0.2) is 0 Å². The minimum Gasteiger partial charge on any atom is -0.506 e. The summed E-state index contributed by atoms with van der Waals surface area (Å²) in [5.74, 6) is -2.01. The van der Waals surface area contributed by atoms with Crippen molar-refractivity contribution in [2.75, 3.05) is 6.54 Å². The predicted octanol–water partition coefficient (Wildman–Crippen LogP) is 1.11.